The minimum atomic E-state index is 0.0124. The summed E-state index contributed by atoms with van der Waals surface area (Å²) in [6, 6.07) is 0. The van der Waals surface area contributed by atoms with Gasteiger partial charge in [-0.25, -0.2) is 0 Å². The Kier molecular flexibility index (Phi) is 3.82. The van der Waals surface area contributed by atoms with Gasteiger partial charge in [0.05, 0.1) is 6.10 Å². The number of alkyl halides is 1. The summed E-state index contributed by atoms with van der Waals surface area (Å²) in [5, 5.41) is 0. The topological polar surface area (TPSA) is 29.5 Å². The molecule has 0 aliphatic carbocycles. The van der Waals surface area contributed by atoms with E-state index in [9.17, 15) is 4.79 Å². The van der Waals surface area contributed by atoms with Gasteiger partial charge in [-0.05, 0) is 12.8 Å². The standard InChI is InChI=1S/C8H14ClNO2/c1-12-7-3-2-4-10(6-7)8(11)5-9/h7H,2-6H2,1H3/t7-/m0/s1. The van der Waals surface area contributed by atoms with Crippen molar-refractivity contribution >= 4 is 17.5 Å². The van der Waals surface area contributed by atoms with Gasteiger partial charge in [-0.3, -0.25) is 4.79 Å². The number of carbonyl (C=O) groups excluding carboxylic acids is 1. The number of piperidine rings is 1. The quantitative estimate of drug-likeness (QED) is 0.606. The number of likely N-dealkylation sites (tertiary alicyclic amines) is 1. The van der Waals surface area contributed by atoms with Crippen molar-refractivity contribution in [3.63, 3.8) is 0 Å². The molecule has 0 aromatic heterocycles. The fourth-order valence-electron chi connectivity index (χ4n) is 1.44. The highest BCUT2D eigenvalue weighted by atomic mass is 35.5. The van der Waals surface area contributed by atoms with Crippen molar-refractivity contribution in [2.45, 2.75) is 18.9 Å². The minimum Gasteiger partial charge on any atom is -0.380 e. The summed E-state index contributed by atoms with van der Waals surface area (Å²) in [6.07, 6.45) is 2.26. The Morgan fingerprint density at radius 1 is 1.75 bits per heavy atom. The van der Waals surface area contributed by atoms with Gasteiger partial charge in [0.1, 0.15) is 5.88 Å². The largest absolute Gasteiger partial charge is 0.380 e. The van der Waals surface area contributed by atoms with E-state index in [1.54, 1.807) is 12.0 Å². The van der Waals surface area contributed by atoms with E-state index in [0.29, 0.717) is 6.54 Å². The lowest BCUT2D eigenvalue weighted by atomic mass is 10.1. The molecule has 4 heteroatoms. The Hall–Kier alpha value is -0.280. The summed E-state index contributed by atoms with van der Waals surface area (Å²) in [4.78, 5) is 12.9. The fourth-order valence-corrected chi connectivity index (χ4v) is 1.61. The molecule has 0 aromatic rings. The van der Waals surface area contributed by atoms with E-state index in [2.05, 4.69) is 0 Å². The number of amides is 1. The monoisotopic (exact) mass is 191 g/mol. The van der Waals surface area contributed by atoms with Gasteiger partial charge in [0.25, 0.3) is 0 Å². The molecule has 3 nitrogen and oxygen atoms in total. The van der Waals surface area contributed by atoms with Gasteiger partial charge in [-0.1, -0.05) is 0 Å². The van der Waals surface area contributed by atoms with Crippen molar-refractivity contribution in [1.29, 1.82) is 0 Å². The minimum absolute atomic E-state index is 0.0124. The zero-order chi connectivity index (χ0) is 8.97. The van der Waals surface area contributed by atoms with Gasteiger partial charge in [0, 0.05) is 20.2 Å². The first-order valence-corrected chi connectivity index (χ1v) is 4.68. The maximum Gasteiger partial charge on any atom is 0.237 e. The molecule has 1 aliphatic rings. The lowest BCUT2D eigenvalue weighted by Gasteiger charge is -2.31. The Balaban J connectivity index is 2.40. The number of methoxy groups -OCH3 is 1. The van der Waals surface area contributed by atoms with Crippen molar-refractivity contribution in [2.24, 2.45) is 0 Å². The van der Waals surface area contributed by atoms with Crippen molar-refractivity contribution in [3.05, 3.63) is 0 Å². The maximum atomic E-state index is 11.2. The van der Waals surface area contributed by atoms with Crippen molar-refractivity contribution in [3.8, 4) is 0 Å². The predicted molar refractivity (Wildman–Crippen MR) is 47.3 cm³/mol. The zero-order valence-corrected chi connectivity index (χ0v) is 8.01. The first-order valence-electron chi connectivity index (χ1n) is 4.14. The summed E-state index contributed by atoms with van der Waals surface area (Å²) in [6.45, 7) is 1.52. The molecule has 0 spiro atoms. The second-order valence-electron chi connectivity index (χ2n) is 2.97. The number of hydrogen-bond donors (Lipinski definition) is 0. The number of carbonyl (C=O) groups is 1. The normalized spacial score (nSPS) is 24.2. The molecule has 0 N–H and O–H groups in total. The van der Waals surface area contributed by atoms with Gasteiger partial charge in [-0.15, -0.1) is 11.6 Å². The Morgan fingerprint density at radius 2 is 2.50 bits per heavy atom. The average molecular weight is 192 g/mol. The SMILES string of the molecule is CO[C@H]1CCCN(C(=O)CCl)C1. The molecule has 0 radical (unpaired) electrons. The van der Waals surface area contributed by atoms with Crippen LogP contribution in [0.1, 0.15) is 12.8 Å². The summed E-state index contributed by atoms with van der Waals surface area (Å²) in [5.41, 5.74) is 0. The molecule has 1 rings (SSSR count). The molecule has 1 fully saturated rings. The highest BCUT2D eigenvalue weighted by molar-refractivity contribution is 6.27. The van der Waals surface area contributed by atoms with Crippen molar-refractivity contribution in [1.82, 2.24) is 4.90 Å². The van der Waals surface area contributed by atoms with Crippen LogP contribution in [-0.4, -0.2) is 43.0 Å². The van der Waals surface area contributed by atoms with Crippen LogP contribution in [0.25, 0.3) is 0 Å². The van der Waals surface area contributed by atoms with Gasteiger partial charge in [-0.2, -0.15) is 0 Å². The Morgan fingerprint density at radius 3 is 3.08 bits per heavy atom. The number of nitrogens with zero attached hydrogens (tertiary/aromatic N) is 1. The molecule has 70 valence electrons. The Labute approximate surface area is 77.6 Å². The summed E-state index contributed by atoms with van der Waals surface area (Å²) in [5.74, 6) is 0.0922. The second-order valence-corrected chi connectivity index (χ2v) is 3.24. The van der Waals surface area contributed by atoms with Gasteiger partial charge < -0.3 is 9.64 Å². The molecule has 1 amide bonds. The highest BCUT2D eigenvalue weighted by Gasteiger charge is 2.22. The first kappa shape index (κ1) is 9.81. The summed E-state index contributed by atoms with van der Waals surface area (Å²) in [7, 11) is 1.68. The number of halogens is 1. The maximum absolute atomic E-state index is 11.2. The molecule has 1 heterocycles. The van der Waals surface area contributed by atoms with E-state index in [-0.39, 0.29) is 17.9 Å². The van der Waals surface area contributed by atoms with Crippen LogP contribution < -0.4 is 0 Å². The van der Waals surface area contributed by atoms with E-state index in [4.69, 9.17) is 16.3 Å². The van der Waals surface area contributed by atoms with Crippen LogP contribution >= 0.6 is 11.6 Å². The van der Waals surface area contributed by atoms with Gasteiger partial charge >= 0.3 is 0 Å². The average Bonchev–Trinajstić information content (AvgIpc) is 2.17. The first-order chi connectivity index (χ1) is 5.77. The van der Waals surface area contributed by atoms with E-state index in [1.807, 2.05) is 0 Å². The summed E-state index contributed by atoms with van der Waals surface area (Å²) >= 11 is 5.44. The lowest BCUT2D eigenvalue weighted by molar-refractivity contribution is -0.131. The third kappa shape index (κ3) is 2.35. The molecule has 1 aliphatic heterocycles. The van der Waals surface area contributed by atoms with E-state index >= 15 is 0 Å². The molecule has 12 heavy (non-hydrogen) atoms. The smallest absolute Gasteiger partial charge is 0.237 e. The van der Waals surface area contributed by atoms with Gasteiger partial charge in [0.15, 0.2) is 0 Å². The molecule has 0 saturated carbocycles. The summed E-state index contributed by atoms with van der Waals surface area (Å²) < 4.78 is 5.18. The van der Waals surface area contributed by atoms with Gasteiger partial charge in [0.2, 0.25) is 5.91 Å². The van der Waals surface area contributed by atoms with Crippen LogP contribution in [0.3, 0.4) is 0 Å². The van der Waals surface area contributed by atoms with E-state index in [1.165, 1.54) is 0 Å². The molecule has 0 bridgehead atoms. The van der Waals surface area contributed by atoms with Crippen LogP contribution in [0.4, 0.5) is 0 Å². The molecule has 0 aromatic carbocycles. The van der Waals surface area contributed by atoms with Crippen molar-refractivity contribution in [2.75, 3.05) is 26.1 Å². The molecule has 1 atom stereocenters. The lowest BCUT2D eigenvalue weighted by Crippen LogP contribution is -2.43. The van der Waals surface area contributed by atoms with Crippen LogP contribution in [0.15, 0.2) is 0 Å². The number of ether oxygens (including phenoxy) is 1. The van der Waals surface area contributed by atoms with Crippen LogP contribution in [0.5, 0.6) is 0 Å². The molecular weight excluding hydrogens is 178 g/mol. The third-order valence-electron chi connectivity index (χ3n) is 2.18. The number of rotatable bonds is 2. The fraction of sp³-hybridized carbons (Fsp3) is 0.875. The van der Waals surface area contributed by atoms with Crippen molar-refractivity contribution < 1.29 is 9.53 Å². The highest BCUT2D eigenvalue weighted by Crippen LogP contribution is 2.12. The molecular formula is C8H14ClNO2. The van der Waals surface area contributed by atoms with Crippen LogP contribution in [0, 0.1) is 0 Å². The van der Waals surface area contributed by atoms with E-state index < -0.39 is 0 Å². The zero-order valence-electron chi connectivity index (χ0n) is 7.25. The number of hydrogen-bond acceptors (Lipinski definition) is 2. The second kappa shape index (κ2) is 4.67. The van der Waals surface area contributed by atoms with E-state index in [0.717, 1.165) is 19.4 Å². The third-order valence-corrected chi connectivity index (χ3v) is 2.41. The predicted octanol–water partition coefficient (Wildman–Crippen LogP) is 0.863. The molecule has 1 saturated heterocycles. The Bertz CT molecular complexity index is 163. The van der Waals surface area contributed by atoms with Crippen LogP contribution in [-0.2, 0) is 9.53 Å². The van der Waals surface area contributed by atoms with Crippen LogP contribution in [0.2, 0.25) is 0 Å². The molecule has 0 unspecified atom stereocenters.